The standard InChI is InChI=1S/C23H26N4O2S/c1-26(22(28)19-9-12-30-16-19)21(13-17-5-3-2-4-6-17)18-7-10-27(11-8-18)23(29)20-14-24-25-15-20/h2-6,9,12,14-16,18,21H,7-8,10-11,13H2,1H3,(H,24,25). The van der Waals surface area contributed by atoms with Crippen LogP contribution in [0.15, 0.2) is 59.6 Å². The third-order valence-corrected chi connectivity index (χ3v) is 6.67. The molecule has 156 valence electrons. The summed E-state index contributed by atoms with van der Waals surface area (Å²) in [4.78, 5) is 29.5. The fraction of sp³-hybridized carbons (Fsp3) is 0.348. The van der Waals surface area contributed by atoms with Crippen LogP contribution in [0.4, 0.5) is 0 Å². The third-order valence-electron chi connectivity index (χ3n) is 5.99. The van der Waals surface area contributed by atoms with Crippen molar-refractivity contribution in [3.05, 3.63) is 76.2 Å². The SMILES string of the molecule is CN(C(=O)c1ccsc1)C(Cc1ccccc1)C1CCN(C(=O)c2cn[nH]c2)CC1. The Kier molecular flexibility index (Phi) is 6.28. The van der Waals surface area contributed by atoms with E-state index in [1.165, 1.54) is 16.9 Å². The normalized spacial score (nSPS) is 15.7. The molecule has 0 spiro atoms. The molecule has 1 aliphatic heterocycles. The molecule has 1 unspecified atom stereocenters. The van der Waals surface area contributed by atoms with E-state index < -0.39 is 0 Å². The van der Waals surface area contributed by atoms with Crippen LogP contribution in [0.2, 0.25) is 0 Å². The number of nitrogens with one attached hydrogen (secondary N) is 1. The molecule has 1 N–H and O–H groups in total. The predicted molar refractivity (Wildman–Crippen MR) is 118 cm³/mol. The van der Waals surface area contributed by atoms with Crippen LogP contribution in [-0.2, 0) is 6.42 Å². The maximum Gasteiger partial charge on any atom is 0.257 e. The second kappa shape index (κ2) is 9.26. The van der Waals surface area contributed by atoms with Gasteiger partial charge in [0.15, 0.2) is 0 Å². The lowest BCUT2D eigenvalue weighted by Gasteiger charge is -2.40. The molecule has 0 radical (unpaired) electrons. The Morgan fingerprint density at radius 1 is 1.20 bits per heavy atom. The number of piperidine rings is 1. The number of rotatable bonds is 6. The van der Waals surface area contributed by atoms with Crippen molar-refractivity contribution in [2.24, 2.45) is 5.92 Å². The van der Waals surface area contributed by atoms with Gasteiger partial charge in [-0.25, -0.2) is 0 Å². The Balaban J connectivity index is 1.48. The van der Waals surface area contributed by atoms with Crippen molar-refractivity contribution < 1.29 is 9.59 Å². The Morgan fingerprint density at radius 3 is 2.60 bits per heavy atom. The average molecular weight is 423 g/mol. The monoisotopic (exact) mass is 422 g/mol. The largest absolute Gasteiger partial charge is 0.339 e. The van der Waals surface area contributed by atoms with Gasteiger partial charge in [0, 0.05) is 37.8 Å². The van der Waals surface area contributed by atoms with E-state index in [4.69, 9.17) is 0 Å². The van der Waals surface area contributed by atoms with Gasteiger partial charge in [0.25, 0.3) is 11.8 Å². The molecule has 1 aliphatic rings. The van der Waals surface area contributed by atoms with Crippen LogP contribution >= 0.6 is 11.3 Å². The number of nitrogens with zero attached hydrogens (tertiary/aromatic N) is 3. The zero-order valence-corrected chi connectivity index (χ0v) is 17.8. The van der Waals surface area contributed by atoms with E-state index in [0.29, 0.717) is 24.6 Å². The number of amides is 2. The molecule has 0 saturated carbocycles. The second-order valence-corrected chi connectivity index (χ2v) is 8.58. The van der Waals surface area contributed by atoms with Gasteiger partial charge in [-0.1, -0.05) is 30.3 Å². The van der Waals surface area contributed by atoms with Crippen molar-refractivity contribution in [1.29, 1.82) is 0 Å². The topological polar surface area (TPSA) is 69.3 Å². The molecule has 4 rings (SSSR count). The van der Waals surface area contributed by atoms with Crippen LogP contribution < -0.4 is 0 Å². The number of likely N-dealkylation sites (N-methyl/N-ethyl adjacent to an activating group) is 1. The first-order valence-corrected chi connectivity index (χ1v) is 11.2. The van der Waals surface area contributed by atoms with Crippen LogP contribution in [0.5, 0.6) is 0 Å². The minimum absolute atomic E-state index is 0.0181. The molecule has 3 heterocycles. The number of aromatic amines is 1. The molecule has 7 heteroatoms. The fourth-order valence-corrected chi connectivity index (χ4v) is 4.88. The highest BCUT2D eigenvalue weighted by Gasteiger charge is 2.33. The highest BCUT2D eigenvalue weighted by atomic mass is 32.1. The van der Waals surface area contributed by atoms with E-state index in [1.807, 2.05) is 51.9 Å². The van der Waals surface area contributed by atoms with E-state index >= 15 is 0 Å². The van der Waals surface area contributed by atoms with Crippen molar-refractivity contribution in [1.82, 2.24) is 20.0 Å². The molecular formula is C23H26N4O2S. The molecule has 2 amide bonds. The lowest BCUT2D eigenvalue weighted by molar-refractivity contribution is 0.0522. The minimum Gasteiger partial charge on any atom is -0.339 e. The zero-order chi connectivity index (χ0) is 20.9. The molecule has 30 heavy (non-hydrogen) atoms. The van der Waals surface area contributed by atoms with Crippen molar-refractivity contribution in [2.75, 3.05) is 20.1 Å². The summed E-state index contributed by atoms with van der Waals surface area (Å²) < 4.78 is 0. The Hall–Kier alpha value is -2.93. The first kappa shape index (κ1) is 20.3. The van der Waals surface area contributed by atoms with E-state index in [0.717, 1.165) is 24.8 Å². The Morgan fingerprint density at radius 2 is 1.97 bits per heavy atom. The maximum atomic E-state index is 13.1. The molecule has 0 aliphatic carbocycles. The number of carbonyl (C=O) groups is 2. The summed E-state index contributed by atoms with van der Waals surface area (Å²) in [6.07, 6.45) is 5.78. The predicted octanol–water partition coefficient (Wildman–Crippen LogP) is 3.71. The number of carbonyl (C=O) groups excluding carboxylic acids is 2. The number of likely N-dealkylation sites (tertiary alicyclic amines) is 1. The number of aromatic nitrogens is 2. The van der Waals surface area contributed by atoms with Gasteiger partial charge >= 0.3 is 0 Å². The van der Waals surface area contributed by atoms with Crippen molar-refractivity contribution in [2.45, 2.75) is 25.3 Å². The van der Waals surface area contributed by atoms with Crippen LogP contribution in [0.3, 0.4) is 0 Å². The van der Waals surface area contributed by atoms with Gasteiger partial charge < -0.3 is 9.80 Å². The number of benzene rings is 1. The van der Waals surface area contributed by atoms with Crippen LogP contribution in [-0.4, -0.2) is 58.0 Å². The van der Waals surface area contributed by atoms with Gasteiger partial charge in [0.1, 0.15) is 0 Å². The summed E-state index contributed by atoms with van der Waals surface area (Å²) in [5.41, 5.74) is 2.57. The summed E-state index contributed by atoms with van der Waals surface area (Å²) in [6.45, 7) is 1.39. The highest BCUT2D eigenvalue weighted by molar-refractivity contribution is 7.08. The summed E-state index contributed by atoms with van der Waals surface area (Å²) in [7, 11) is 1.91. The summed E-state index contributed by atoms with van der Waals surface area (Å²) in [5, 5.41) is 10.4. The first-order valence-electron chi connectivity index (χ1n) is 10.2. The Labute approximate surface area is 180 Å². The van der Waals surface area contributed by atoms with Gasteiger partial charge in [-0.15, -0.1) is 0 Å². The average Bonchev–Trinajstić information content (AvgIpc) is 3.51. The summed E-state index contributed by atoms with van der Waals surface area (Å²) >= 11 is 1.54. The molecule has 1 atom stereocenters. The van der Waals surface area contributed by atoms with Crippen molar-refractivity contribution in [3.8, 4) is 0 Å². The lowest BCUT2D eigenvalue weighted by atomic mass is 9.84. The first-order chi connectivity index (χ1) is 14.6. The molecule has 2 aromatic heterocycles. The molecule has 1 aromatic carbocycles. The summed E-state index contributed by atoms with van der Waals surface area (Å²) in [5.74, 6) is 0.421. The van der Waals surface area contributed by atoms with E-state index in [2.05, 4.69) is 22.3 Å². The van der Waals surface area contributed by atoms with Crippen LogP contribution in [0.1, 0.15) is 39.1 Å². The number of thiophene rings is 1. The zero-order valence-electron chi connectivity index (χ0n) is 17.0. The fourth-order valence-electron chi connectivity index (χ4n) is 4.25. The quantitative estimate of drug-likeness (QED) is 0.658. The van der Waals surface area contributed by atoms with Crippen molar-refractivity contribution in [3.63, 3.8) is 0 Å². The van der Waals surface area contributed by atoms with Gasteiger partial charge in [0.05, 0.1) is 17.3 Å². The molecule has 1 saturated heterocycles. The van der Waals surface area contributed by atoms with Crippen molar-refractivity contribution >= 4 is 23.2 Å². The molecular weight excluding hydrogens is 396 g/mol. The second-order valence-electron chi connectivity index (χ2n) is 7.80. The highest BCUT2D eigenvalue weighted by Crippen LogP contribution is 2.28. The maximum absolute atomic E-state index is 13.1. The van der Waals surface area contributed by atoms with Gasteiger partial charge in [-0.2, -0.15) is 16.4 Å². The smallest absolute Gasteiger partial charge is 0.257 e. The number of H-pyrrole nitrogens is 1. The lowest BCUT2D eigenvalue weighted by Crippen LogP contribution is -2.48. The third kappa shape index (κ3) is 4.46. The number of hydrogen-bond acceptors (Lipinski definition) is 4. The minimum atomic E-state index is 0.0181. The number of hydrogen-bond donors (Lipinski definition) is 1. The van der Waals surface area contributed by atoms with E-state index in [-0.39, 0.29) is 17.9 Å². The molecule has 6 nitrogen and oxygen atoms in total. The molecule has 3 aromatic rings. The van der Waals surface area contributed by atoms with Gasteiger partial charge in [0.2, 0.25) is 0 Å². The van der Waals surface area contributed by atoms with Crippen LogP contribution in [0.25, 0.3) is 0 Å². The Bertz CT molecular complexity index is 949. The summed E-state index contributed by atoms with van der Waals surface area (Å²) in [6, 6.07) is 12.3. The van der Waals surface area contributed by atoms with Crippen LogP contribution in [0, 0.1) is 5.92 Å². The van der Waals surface area contributed by atoms with Gasteiger partial charge in [-0.05, 0) is 42.2 Å². The van der Waals surface area contributed by atoms with E-state index in [1.54, 1.807) is 12.4 Å². The van der Waals surface area contributed by atoms with Gasteiger partial charge in [-0.3, -0.25) is 14.7 Å². The van der Waals surface area contributed by atoms with E-state index in [9.17, 15) is 9.59 Å². The molecule has 0 bridgehead atoms. The molecule has 1 fully saturated rings.